The minimum Gasteiger partial charge on any atom is -0.465 e. The molecule has 2 aliphatic heterocycles. The van der Waals surface area contributed by atoms with Gasteiger partial charge in [0.15, 0.2) is 12.2 Å². The van der Waals surface area contributed by atoms with Gasteiger partial charge >= 0.3 is 5.97 Å². The summed E-state index contributed by atoms with van der Waals surface area (Å²) in [6.07, 6.45) is 6.31. The largest absolute Gasteiger partial charge is 0.465 e. The predicted octanol–water partition coefficient (Wildman–Crippen LogP) is 4.85. The quantitative estimate of drug-likeness (QED) is 0.386. The molecule has 3 heterocycles. The Kier molecular flexibility index (Phi) is 6.15. The van der Waals surface area contributed by atoms with Crippen LogP contribution in [0, 0.1) is 0 Å². The maximum atomic E-state index is 13.6. The molecule has 0 spiro atoms. The lowest BCUT2D eigenvalue weighted by atomic mass is 9.95. The van der Waals surface area contributed by atoms with Gasteiger partial charge in [-0.25, -0.2) is 9.78 Å². The van der Waals surface area contributed by atoms with Crippen LogP contribution < -0.4 is 5.32 Å². The van der Waals surface area contributed by atoms with E-state index in [4.69, 9.17) is 9.15 Å². The van der Waals surface area contributed by atoms with Crippen LogP contribution in [0.1, 0.15) is 56.8 Å². The number of carbonyl (C=O) groups excluding carboxylic acids is 3. The summed E-state index contributed by atoms with van der Waals surface area (Å²) in [4.78, 5) is 44.4. The molecule has 2 aliphatic rings. The van der Waals surface area contributed by atoms with E-state index in [9.17, 15) is 14.4 Å². The fourth-order valence-corrected chi connectivity index (χ4v) is 5.84. The van der Waals surface area contributed by atoms with Crippen molar-refractivity contribution in [2.75, 3.05) is 7.11 Å². The molecule has 8 nitrogen and oxygen atoms in total. The number of ether oxygens (including phenoxy) is 1. The second kappa shape index (κ2) is 9.78. The van der Waals surface area contributed by atoms with E-state index in [0.29, 0.717) is 22.5 Å². The average Bonchev–Trinajstić information content (AvgIpc) is 3.58. The molecule has 1 N–H and O–H groups in total. The highest BCUT2D eigenvalue weighted by atomic mass is 16.5. The van der Waals surface area contributed by atoms with E-state index in [-0.39, 0.29) is 35.9 Å². The Morgan fingerprint density at radius 3 is 2.32 bits per heavy atom. The standard InChI is InChI=1S/C30H27N3O5/c1-37-30(36)23-8-6-18-11-22(7-5-19(18)12-23)29(35)33-25-9-10-26(33)15-24(14-25)32-28(34)21-4-2-3-20(13-21)27-16-31-17-38-27/h2-8,11-13,16-17,24-26H,9-10,14-15H2,1H3,(H,32,34). The number of fused-ring (bicyclic) bond motifs is 3. The molecule has 2 amide bonds. The molecule has 0 aliphatic carbocycles. The lowest BCUT2D eigenvalue weighted by molar-refractivity contribution is 0.0547. The van der Waals surface area contributed by atoms with Crippen LogP contribution in [0.2, 0.25) is 0 Å². The third kappa shape index (κ3) is 4.42. The van der Waals surface area contributed by atoms with Crippen LogP contribution in [-0.2, 0) is 4.74 Å². The first-order valence-corrected chi connectivity index (χ1v) is 12.7. The zero-order valence-corrected chi connectivity index (χ0v) is 20.9. The van der Waals surface area contributed by atoms with Crippen LogP contribution in [0.15, 0.2) is 77.7 Å². The topological polar surface area (TPSA) is 102 Å². The molecule has 4 aromatic rings. The molecule has 3 aromatic carbocycles. The first kappa shape index (κ1) is 23.9. The highest BCUT2D eigenvalue weighted by molar-refractivity contribution is 6.01. The van der Waals surface area contributed by atoms with Crippen molar-refractivity contribution in [2.45, 2.75) is 43.8 Å². The Morgan fingerprint density at radius 2 is 1.63 bits per heavy atom. The second-order valence-corrected chi connectivity index (χ2v) is 9.95. The third-order valence-electron chi connectivity index (χ3n) is 7.65. The summed E-state index contributed by atoms with van der Waals surface area (Å²) in [6.45, 7) is 0. The Balaban J connectivity index is 1.14. The van der Waals surface area contributed by atoms with E-state index in [1.807, 2.05) is 41.3 Å². The van der Waals surface area contributed by atoms with Crippen LogP contribution in [0.4, 0.5) is 0 Å². The molecular weight excluding hydrogens is 482 g/mol. The van der Waals surface area contributed by atoms with Gasteiger partial charge in [-0.1, -0.05) is 24.3 Å². The summed E-state index contributed by atoms with van der Waals surface area (Å²) in [7, 11) is 1.36. The number of hydrogen-bond donors (Lipinski definition) is 1. The van der Waals surface area contributed by atoms with E-state index in [2.05, 4.69) is 10.3 Å². The second-order valence-electron chi connectivity index (χ2n) is 9.95. The van der Waals surface area contributed by atoms with Gasteiger partial charge in [0.25, 0.3) is 11.8 Å². The van der Waals surface area contributed by atoms with Gasteiger partial charge in [0.2, 0.25) is 0 Å². The summed E-state index contributed by atoms with van der Waals surface area (Å²) in [5.74, 6) is 0.112. The van der Waals surface area contributed by atoms with E-state index in [0.717, 1.165) is 42.0 Å². The normalized spacial score (nSPS) is 20.3. The predicted molar refractivity (Wildman–Crippen MR) is 141 cm³/mol. The average molecular weight is 510 g/mol. The number of methoxy groups -OCH3 is 1. The number of piperidine rings is 1. The van der Waals surface area contributed by atoms with E-state index >= 15 is 0 Å². The number of aromatic nitrogens is 1. The molecule has 0 radical (unpaired) electrons. The van der Waals surface area contributed by atoms with Gasteiger partial charge in [0, 0.05) is 34.8 Å². The van der Waals surface area contributed by atoms with Gasteiger partial charge in [-0.3, -0.25) is 9.59 Å². The van der Waals surface area contributed by atoms with Gasteiger partial charge < -0.3 is 19.4 Å². The molecule has 1 aromatic heterocycles. The number of rotatable bonds is 5. The van der Waals surface area contributed by atoms with Crippen LogP contribution >= 0.6 is 0 Å². The van der Waals surface area contributed by atoms with Gasteiger partial charge in [-0.2, -0.15) is 0 Å². The first-order chi connectivity index (χ1) is 18.5. The summed E-state index contributed by atoms with van der Waals surface area (Å²) in [5.41, 5.74) is 2.47. The highest BCUT2D eigenvalue weighted by Gasteiger charge is 2.43. The SMILES string of the molecule is COC(=O)c1ccc2cc(C(=O)N3C4CCC3CC(NC(=O)c3cccc(-c5cnco5)c3)C4)ccc2c1. The molecule has 8 heteroatoms. The summed E-state index contributed by atoms with van der Waals surface area (Å²) in [5, 5.41) is 4.96. The van der Waals surface area contributed by atoms with E-state index in [1.165, 1.54) is 13.5 Å². The summed E-state index contributed by atoms with van der Waals surface area (Å²) >= 11 is 0. The van der Waals surface area contributed by atoms with Crippen molar-refractivity contribution in [3.8, 4) is 11.3 Å². The van der Waals surface area contributed by atoms with Gasteiger partial charge in [0.1, 0.15) is 0 Å². The van der Waals surface area contributed by atoms with Gasteiger partial charge in [-0.05, 0) is 72.9 Å². The molecule has 2 saturated heterocycles. The minimum atomic E-state index is -0.388. The number of esters is 1. The third-order valence-corrected chi connectivity index (χ3v) is 7.65. The Bertz CT molecular complexity index is 1520. The zero-order chi connectivity index (χ0) is 26.2. The molecular formula is C30H27N3O5. The Hall–Kier alpha value is -4.46. The molecule has 2 fully saturated rings. The van der Waals surface area contributed by atoms with E-state index in [1.54, 1.807) is 30.5 Å². The molecule has 2 unspecified atom stereocenters. The maximum absolute atomic E-state index is 13.6. The van der Waals surface area contributed by atoms with Crippen molar-refractivity contribution in [3.63, 3.8) is 0 Å². The highest BCUT2D eigenvalue weighted by Crippen LogP contribution is 2.37. The van der Waals surface area contributed by atoms with Crippen molar-refractivity contribution in [1.82, 2.24) is 15.2 Å². The molecule has 2 bridgehead atoms. The van der Waals surface area contributed by atoms with Crippen molar-refractivity contribution < 1.29 is 23.5 Å². The van der Waals surface area contributed by atoms with Gasteiger partial charge in [0.05, 0.1) is 18.9 Å². The number of carbonyl (C=O) groups is 3. The number of oxazole rings is 1. The Labute approximate surface area is 219 Å². The lowest BCUT2D eigenvalue weighted by Gasteiger charge is -2.39. The summed E-state index contributed by atoms with van der Waals surface area (Å²) in [6, 6.07) is 18.4. The fraction of sp³-hybridized carbons (Fsp3) is 0.267. The molecule has 6 rings (SSSR count). The Morgan fingerprint density at radius 1 is 0.921 bits per heavy atom. The minimum absolute atomic E-state index is 0.00586. The number of nitrogens with zero attached hydrogens (tertiary/aromatic N) is 2. The van der Waals surface area contributed by atoms with Crippen LogP contribution in [-0.4, -0.2) is 52.9 Å². The molecule has 192 valence electrons. The number of nitrogens with one attached hydrogen (secondary N) is 1. The fourth-order valence-electron chi connectivity index (χ4n) is 5.84. The van der Waals surface area contributed by atoms with Crippen molar-refractivity contribution in [3.05, 3.63) is 89.9 Å². The number of amides is 2. The molecule has 2 atom stereocenters. The number of hydrogen-bond acceptors (Lipinski definition) is 6. The van der Waals surface area contributed by atoms with Crippen LogP contribution in [0.25, 0.3) is 22.1 Å². The van der Waals surface area contributed by atoms with Crippen molar-refractivity contribution in [1.29, 1.82) is 0 Å². The monoisotopic (exact) mass is 509 g/mol. The molecule has 38 heavy (non-hydrogen) atoms. The molecule has 0 saturated carbocycles. The van der Waals surface area contributed by atoms with E-state index < -0.39 is 0 Å². The zero-order valence-electron chi connectivity index (χ0n) is 20.9. The first-order valence-electron chi connectivity index (χ1n) is 12.7. The van der Waals surface area contributed by atoms with Crippen molar-refractivity contribution >= 4 is 28.6 Å². The summed E-state index contributed by atoms with van der Waals surface area (Å²) < 4.78 is 10.2. The van der Waals surface area contributed by atoms with Crippen LogP contribution in [0.3, 0.4) is 0 Å². The number of benzene rings is 3. The van der Waals surface area contributed by atoms with Crippen LogP contribution in [0.5, 0.6) is 0 Å². The lowest BCUT2D eigenvalue weighted by Crippen LogP contribution is -2.52. The van der Waals surface area contributed by atoms with Crippen molar-refractivity contribution in [2.24, 2.45) is 0 Å². The maximum Gasteiger partial charge on any atom is 0.337 e. The van der Waals surface area contributed by atoms with Gasteiger partial charge in [-0.15, -0.1) is 0 Å². The smallest absolute Gasteiger partial charge is 0.337 e.